The average Bonchev–Trinajstić information content (AvgIpc) is 2.95. The van der Waals surface area contributed by atoms with Crippen molar-refractivity contribution in [1.82, 2.24) is 10.2 Å². The molecule has 0 unspecified atom stereocenters. The van der Waals surface area contributed by atoms with Crippen LogP contribution in [-0.2, 0) is 4.79 Å². The van der Waals surface area contributed by atoms with Crippen LogP contribution < -0.4 is 14.8 Å². The van der Waals surface area contributed by atoms with Crippen LogP contribution in [-0.4, -0.2) is 50.6 Å². The Morgan fingerprint density at radius 1 is 1.35 bits per heavy atom. The van der Waals surface area contributed by atoms with E-state index in [9.17, 15) is 9.59 Å². The molecule has 126 valence electrons. The molecule has 0 spiro atoms. The Hall–Kier alpha value is -1.95. The van der Waals surface area contributed by atoms with Gasteiger partial charge in [-0.15, -0.1) is 0 Å². The fourth-order valence-electron chi connectivity index (χ4n) is 2.56. The maximum atomic E-state index is 12.2. The molecule has 0 atom stereocenters. The highest BCUT2D eigenvalue weighted by Crippen LogP contribution is 2.35. The molecule has 0 bridgehead atoms. The van der Waals surface area contributed by atoms with Crippen molar-refractivity contribution in [3.8, 4) is 11.5 Å². The Morgan fingerprint density at radius 2 is 2.13 bits per heavy atom. The molecule has 2 rings (SSSR count). The first-order chi connectivity index (χ1) is 11.1. The zero-order chi connectivity index (χ0) is 16.8. The van der Waals surface area contributed by atoms with Gasteiger partial charge in [0.15, 0.2) is 11.5 Å². The number of hydrogen-bond acceptors (Lipinski definition) is 4. The number of likely N-dealkylation sites (tertiary alicyclic amines) is 1. The molecule has 0 saturated carbocycles. The van der Waals surface area contributed by atoms with Crippen molar-refractivity contribution in [3.63, 3.8) is 0 Å². The van der Waals surface area contributed by atoms with Crippen molar-refractivity contribution in [3.05, 3.63) is 22.7 Å². The fraction of sp³-hybridized carbons (Fsp3) is 0.500. The fourth-order valence-corrected chi connectivity index (χ4v) is 2.85. The van der Waals surface area contributed by atoms with E-state index in [2.05, 4.69) is 5.32 Å². The molecule has 6 nitrogen and oxygen atoms in total. The molecule has 1 N–H and O–H groups in total. The van der Waals surface area contributed by atoms with Crippen molar-refractivity contribution in [2.75, 3.05) is 33.9 Å². The second kappa shape index (κ2) is 8.06. The van der Waals surface area contributed by atoms with E-state index in [0.717, 1.165) is 19.4 Å². The number of nitrogens with zero attached hydrogens (tertiary/aromatic N) is 1. The Morgan fingerprint density at radius 3 is 2.74 bits per heavy atom. The van der Waals surface area contributed by atoms with Gasteiger partial charge in [-0.1, -0.05) is 11.6 Å². The monoisotopic (exact) mass is 340 g/mol. The number of nitrogens with one attached hydrogen (secondary N) is 1. The minimum Gasteiger partial charge on any atom is -0.493 e. The lowest BCUT2D eigenvalue weighted by atomic mass is 10.2. The van der Waals surface area contributed by atoms with Gasteiger partial charge in [-0.25, -0.2) is 0 Å². The standard InChI is InChI=1S/C16H21ClN2O4/c1-22-13-10-11(9-12(17)15(13)23-2)16(21)18-6-4-8-19-7-3-5-14(19)20/h9-10H,3-8H2,1-2H3,(H,18,21). The summed E-state index contributed by atoms with van der Waals surface area (Å²) in [7, 11) is 2.98. The van der Waals surface area contributed by atoms with Crippen LogP contribution in [0.5, 0.6) is 11.5 Å². The summed E-state index contributed by atoms with van der Waals surface area (Å²) in [4.78, 5) is 25.5. The van der Waals surface area contributed by atoms with Crippen LogP contribution >= 0.6 is 11.6 Å². The lowest BCUT2D eigenvalue weighted by Crippen LogP contribution is -2.30. The van der Waals surface area contributed by atoms with Crippen molar-refractivity contribution in [2.45, 2.75) is 19.3 Å². The zero-order valence-corrected chi connectivity index (χ0v) is 14.1. The van der Waals surface area contributed by atoms with Crippen LogP contribution in [0.4, 0.5) is 0 Å². The highest BCUT2D eigenvalue weighted by atomic mass is 35.5. The van der Waals surface area contributed by atoms with Gasteiger partial charge in [0.25, 0.3) is 5.91 Å². The SMILES string of the molecule is COc1cc(C(=O)NCCCN2CCCC2=O)cc(Cl)c1OC. The third kappa shape index (κ3) is 4.28. The lowest BCUT2D eigenvalue weighted by Gasteiger charge is -2.15. The van der Waals surface area contributed by atoms with Crippen molar-refractivity contribution in [2.24, 2.45) is 0 Å². The summed E-state index contributed by atoms with van der Waals surface area (Å²) in [6.07, 6.45) is 2.28. The highest BCUT2D eigenvalue weighted by molar-refractivity contribution is 6.32. The molecule has 0 radical (unpaired) electrons. The quantitative estimate of drug-likeness (QED) is 0.772. The molecule has 1 fully saturated rings. The van der Waals surface area contributed by atoms with Crippen molar-refractivity contribution < 1.29 is 19.1 Å². The molecule has 1 aromatic carbocycles. The van der Waals surface area contributed by atoms with E-state index in [-0.39, 0.29) is 11.8 Å². The van der Waals surface area contributed by atoms with Gasteiger partial charge in [0, 0.05) is 31.6 Å². The lowest BCUT2D eigenvalue weighted by molar-refractivity contribution is -0.127. The Balaban J connectivity index is 1.88. The second-order valence-electron chi connectivity index (χ2n) is 5.29. The number of carbonyl (C=O) groups is 2. The number of carbonyl (C=O) groups excluding carboxylic acids is 2. The molecule has 7 heteroatoms. The number of methoxy groups -OCH3 is 2. The summed E-state index contributed by atoms with van der Waals surface area (Å²) in [6.45, 7) is 1.98. The van der Waals surface area contributed by atoms with E-state index in [1.54, 1.807) is 12.1 Å². The van der Waals surface area contributed by atoms with Gasteiger partial charge in [0.1, 0.15) is 0 Å². The number of rotatable bonds is 7. The van der Waals surface area contributed by atoms with Crippen LogP contribution in [0.15, 0.2) is 12.1 Å². The maximum Gasteiger partial charge on any atom is 0.251 e. The highest BCUT2D eigenvalue weighted by Gasteiger charge is 2.19. The first-order valence-corrected chi connectivity index (χ1v) is 7.92. The van der Waals surface area contributed by atoms with Gasteiger partial charge < -0.3 is 19.7 Å². The van der Waals surface area contributed by atoms with Crippen molar-refractivity contribution in [1.29, 1.82) is 0 Å². The molecule has 23 heavy (non-hydrogen) atoms. The molecule has 1 aliphatic rings. The molecule has 1 saturated heterocycles. The normalized spacial score (nSPS) is 14.0. The van der Waals surface area contributed by atoms with Crippen molar-refractivity contribution >= 4 is 23.4 Å². The number of ether oxygens (including phenoxy) is 2. The summed E-state index contributed by atoms with van der Waals surface area (Å²) in [5, 5.41) is 3.14. The van der Waals surface area contributed by atoms with Crippen LogP contribution in [0.25, 0.3) is 0 Å². The summed E-state index contributed by atoms with van der Waals surface area (Å²) in [6, 6.07) is 3.13. The van der Waals surface area contributed by atoms with E-state index in [0.29, 0.717) is 41.6 Å². The second-order valence-corrected chi connectivity index (χ2v) is 5.69. The summed E-state index contributed by atoms with van der Waals surface area (Å²) in [5.74, 6) is 0.773. The van der Waals surface area contributed by atoms with E-state index in [1.807, 2.05) is 4.90 Å². The molecule has 1 aliphatic heterocycles. The minimum absolute atomic E-state index is 0.197. The third-order valence-corrected chi connectivity index (χ3v) is 4.04. The maximum absolute atomic E-state index is 12.2. The summed E-state index contributed by atoms with van der Waals surface area (Å²) >= 11 is 6.09. The topological polar surface area (TPSA) is 67.9 Å². The average molecular weight is 341 g/mol. The number of halogens is 1. The van der Waals surface area contributed by atoms with Gasteiger partial charge in [-0.05, 0) is 25.0 Å². The Labute approximate surface area is 140 Å². The van der Waals surface area contributed by atoms with Gasteiger partial charge in [0.05, 0.1) is 19.2 Å². The molecule has 1 aromatic rings. The van der Waals surface area contributed by atoms with Crippen LogP contribution in [0.2, 0.25) is 5.02 Å². The Bertz CT molecular complexity index is 592. The molecule has 2 amide bonds. The minimum atomic E-state index is -0.236. The van der Waals surface area contributed by atoms with E-state index in [4.69, 9.17) is 21.1 Å². The molecular formula is C16H21ClN2O4. The van der Waals surface area contributed by atoms with Crippen LogP contribution in [0, 0.1) is 0 Å². The Kier molecular flexibility index (Phi) is 6.10. The van der Waals surface area contributed by atoms with E-state index in [1.165, 1.54) is 14.2 Å². The van der Waals surface area contributed by atoms with Gasteiger partial charge in [-0.2, -0.15) is 0 Å². The van der Waals surface area contributed by atoms with E-state index < -0.39 is 0 Å². The summed E-state index contributed by atoms with van der Waals surface area (Å²) < 4.78 is 10.3. The van der Waals surface area contributed by atoms with Crippen LogP contribution in [0.1, 0.15) is 29.6 Å². The molecule has 0 aromatic heterocycles. The first-order valence-electron chi connectivity index (χ1n) is 7.54. The zero-order valence-electron chi connectivity index (χ0n) is 13.4. The first kappa shape index (κ1) is 17.4. The molecule has 1 heterocycles. The molecular weight excluding hydrogens is 320 g/mol. The summed E-state index contributed by atoms with van der Waals surface area (Å²) in [5.41, 5.74) is 0.407. The van der Waals surface area contributed by atoms with E-state index >= 15 is 0 Å². The molecule has 0 aliphatic carbocycles. The van der Waals surface area contributed by atoms with Gasteiger partial charge in [-0.3, -0.25) is 9.59 Å². The smallest absolute Gasteiger partial charge is 0.251 e. The van der Waals surface area contributed by atoms with Crippen LogP contribution in [0.3, 0.4) is 0 Å². The number of amides is 2. The predicted molar refractivity (Wildman–Crippen MR) is 87.3 cm³/mol. The number of hydrogen-bond donors (Lipinski definition) is 1. The third-order valence-electron chi connectivity index (χ3n) is 3.76. The van der Waals surface area contributed by atoms with Gasteiger partial charge >= 0.3 is 0 Å². The van der Waals surface area contributed by atoms with Gasteiger partial charge in [0.2, 0.25) is 5.91 Å². The number of benzene rings is 1. The largest absolute Gasteiger partial charge is 0.493 e. The predicted octanol–water partition coefficient (Wildman–Crippen LogP) is 2.10.